The minimum Gasteiger partial charge on any atom is -0.481 e. The van der Waals surface area contributed by atoms with Crippen LogP contribution in [-0.4, -0.2) is 41.3 Å². The molecule has 2 aromatic heterocycles. The maximum absolute atomic E-state index is 12.4. The molecule has 168 valence electrons. The Balaban J connectivity index is 1.68. The van der Waals surface area contributed by atoms with Gasteiger partial charge in [-0.1, -0.05) is 55.5 Å². The molecule has 33 heavy (non-hydrogen) atoms. The topological polar surface area (TPSA) is 127 Å². The van der Waals surface area contributed by atoms with Gasteiger partial charge in [-0.15, -0.1) is 10.2 Å². The fourth-order valence-corrected chi connectivity index (χ4v) is 3.91. The third-order valence-corrected chi connectivity index (χ3v) is 5.56. The lowest BCUT2D eigenvalue weighted by atomic mass is 9.98. The molecule has 0 unspecified atom stereocenters. The molecule has 0 atom stereocenters. The summed E-state index contributed by atoms with van der Waals surface area (Å²) >= 11 is 0. The van der Waals surface area contributed by atoms with Crippen molar-refractivity contribution >= 4 is 5.97 Å². The summed E-state index contributed by atoms with van der Waals surface area (Å²) in [7, 11) is 0. The molecular weight excluding hydrogens is 420 g/mol. The number of tetrazole rings is 1. The van der Waals surface area contributed by atoms with E-state index < -0.39 is 11.5 Å². The zero-order valence-electron chi connectivity index (χ0n) is 18.4. The van der Waals surface area contributed by atoms with Crippen LogP contribution in [-0.2, 0) is 24.2 Å². The van der Waals surface area contributed by atoms with Crippen molar-refractivity contribution in [2.45, 2.75) is 39.7 Å². The quantitative estimate of drug-likeness (QED) is 0.428. The van der Waals surface area contributed by atoms with Crippen molar-refractivity contribution in [2.75, 3.05) is 0 Å². The van der Waals surface area contributed by atoms with Gasteiger partial charge in [-0.2, -0.15) is 10.2 Å². The van der Waals surface area contributed by atoms with Crippen molar-refractivity contribution in [1.82, 2.24) is 30.2 Å². The minimum absolute atomic E-state index is 0.230. The van der Waals surface area contributed by atoms with Crippen molar-refractivity contribution in [1.29, 1.82) is 0 Å². The van der Waals surface area contributed by atoms with E-state index in [0.717, 1.165) is 28.7 Å². The number of carboxylic acids is 1. The number of aromatic amines is 1. The van der Waals surface area contributed by atoms with Crippen molar-refractivity contribution in [3.05, 3.63) is 81.5 Å². The van der Waals surface area contributed by atoms with E-state index in [2.05, 4.69) is 25.6 Å². The highest BCUT2D eigenvalue weighted by Crippen LogP contribution is 2.30. The lowest BCUT2D eigenvalue weighted by Gasteiger charge is -2.18. The Labute approximate surface area is 190 Å². The number of carboxylic acid groups (broad SMARTS) is 1. The van der Waals surface area contributed by atoms with Crippen LogP contribution < -0.4 is 5.56 Å². The summed E-state index contributed by atoms with van der Waals surface area (Å²) in [6, 6.07) is 15.9. The molecule has 0 spiro atoms. The van der Waals surface area contributed by atoms with Crippen molar-refractivity contribution in [2.24, 2.45) is 0 Å². The SMILES string of the molecule is CCCc1nc(=O)c(CC(=O)O)c(C)n1Cc1ccc(-c2ccccc2-c2nn[nH]n2)cc1. The predicted octanol–water partition coefficient (Wildman–Crippen LogP) is 3.03. The van der Waals surface area contributed by atoms with Gasteiger partial charge in [0.1, 0.15) is 5.82 Å². The number of hydrogen-bond donors (Lipinski definition) is 2. The van der Waals surface area contributed by atoms with Gasteiger partial charge in [0.2, 0.25) is 5.82 Å². The van der Waals surface area contributed by atoms with Gasteiger partial charge in [-0.25, -0.2) is 0 Å². The Morgan fingerprint density at radius 2 is 1.82 bits per heavy atom. The summed E-state index contributed by atoms with van der Waals surface area (Å²) in [6.45, 7) is 4.30. The molecule has 0 aliphatic carbocycles. The molecule has 0 fully saturated rings. The molecule has 4 aromatic rings. The second-order valence-corrected chi connectivity index (χ2v) is 7.78. The van der Waals surface area contributed by atoms with E-state index in [4.69, 9.17) is 0 Å². The van der Waals surface area contributed by atoms with Gasteiger partial charge in [0.25, 0.3) is 5.56 Å². The maximum Gasteiger partial charge on any atom is 0.308 e. The third kappa shape index (κ3) is 4.72. The minimum atomic E-state index is -1.04. The van der Waals surface area contributed by atoms with Gasteiger partial charge >= 0.3 is 5.97 Å². The number of hydrogen-bond acceptors (Lipinski definition) is 6. The summed E-state index contributed by atoms with van der Waals surface area (Å²) in [5, 5.41) is 23.5. The van der Waals surface area contributed by atoms with Gasteiger partial charge in [0, 0.05) is 29.8 Å². The molecule has 0 amide bonds. The summed E-state index contributed by atoms with van der Waals surface area (Å²) in [6.07, 6.45) is 1.13. The predicted molar refractivity (Wildman–Crippen MR) is 123 cm³/mol. The van der Waals surface area contributed by atoms with E-state index in [1.807, 2.05) is 60.0 Å². The Hall–Kier alpha value is -4.14. The zero-order valence-corrected chi connectivity index (χ0v) is 18.4. The number of aliphatic carboxylic acids is 1. The molecule has 2 N–H and O–H groups in total. The Kier molecular flexibility index (Phi) is 6.39. The highest BCUT2D eigenvalue weighted by Gasteiger charge is 2.17. The van der Waals surface area contributed by atoms with E-state index in [-0.39, 0.29) is 12.0 Å². The zero-order chi connectivity index (χ0) is 23.4. The van der Waals surface area contributed by atoms with E-state index in [1.54, 1.807) is 6.92 Å². The van der Waals surface area contributed by atoms with Crippen molar-refractivity contribution in [3.63, 3.8) is 0 Å². The molecule has 9 nitrogen and oxygen atoms in total. The molecule has 0 aliphatic heterocycles. The molecule has 9 heteroatoms. The monoisotopic (exact) mass is 444 g/mol. The highest BCUT2D eigenvalue weighted by atomic mass is 16.4. The largest absolute Gasteiger partial charge is 0.481 e. The molecule has 0 saturated carbocycles. The van der Waals surface area contributed by atoms with Crippen LogP contribution in [0.25, 0.3) is 22.5 Å². The number of carbonyl (C=O) groups is 1. The lowest BCUT2D eigenvalue weighted by Crippen LogP contribution is -2.27. The first-order valence-electron chi connectivity index (χ1n) is 10.7. The van der Waals surface area contributed by atoms with Gasteiger partial charge in [0.15, 0.2) is 0 Å². The number of aryl methyl sites for hydroxylation is 1. The van der Waals surface area contributed by atoms with Gasteiger partial charge < -0.3 is 9.67 Å². The fraction of sp³-hybridized carbons (Fsp3) is 0.250. The fourth-order valence-electron chi connectivity index (χ4n) is 3.91. The Morgan fingerprint density at radius 3 is 2.45 bits per heavy atom. The number of nitrogens with one attached hydrogen (secondary N) is 1. The average molecular weight is 444 g/mol. The average Bonchev–Trinajstić information content (AvgIpc) is 3.35. The summed E-state index contributed by atoms with van der Waals surface area (Å²) in [4.78, 5) is 27.8. The van der Waals surface area contributed by atoms with Crippen LogP contribution in [0.3, 0.4) is 0 Å². The van der Waals surface area contributed by atoms with Crippen LogP contribution in [0.15, 0.2) is 53.3 Å². The third-order valence-electron chi connectivity index (χ3n) is 5.56. The smallest absolute Gasteiger partial charge is 0.308 e. The molecule has 0 saturated heterocycles. The number of aromatic nitrogens is 6. The number of nitrogens with zero attached hydrogens (tertiary/aromatic N) is 5. The molecule has 0 radical (unpaired) electrons. The standard InChI is InChI=1S/C24H24N6O3/c1-3-6-21-25-24(33)20(13-22(31)32)15(2)30(21)14-16-9-11-17(12-10-16)18-7-4-5-8-19(18)23-26-28-29-27-23/h4-5,7-12H,3,6,13-14H2,1-2H3,(H,31,32)(H,26,27,28,29). The molecular formula is C24H24N6O3. The normalized spacial score (nSPS) is 11.0. The van der Waals surface area contributed by atoms with E-state index in [1.165, 1.54) is 0 Å². The van der Waals surface area contributed by atoms with Crippen molar-refractivity contribution < 1.29 is 9.90 Å². The van der Waals surface area contributed by atoms with Crippen molar-refractivity contribution in [3.8, 4) is 22.5 Å². The molecule has 0 aliphatic rings. The van der Waals surface area contributed by atoms with Gasteiger partial charge in [-0.3, -0.25) is 9.59 Å². The number of benzene rings is 2. The van der Waals surface area contributed by atoms with Crippen LogP contribution in [0.5, 0.6) is 0 Å². The second kappa shape index (κ2) is 9.56. The van der Waals surface area contributed by atoms with Gasteiger partial charge in [0.05, 0.1) is 6.42 Å². The maximum atomic E-state index is 12.4. The number of rotatable bonds is 8. The van der Waals surface area contributed by atoms with Crippen LogP contribution in [0.4, 0.5) is 0 Å². The molecule has 4 rings (SSSR count). The molecule has 2 heterocycles. The van der Waals surface area contributed by atoms with Crippen LogP contribution in [0.1, 0.15) is 36.0 Å². The summed E-state index contributed by atoms with van der Waals surface area (Å²) < 4.78 is 1.95. The summed E-state index contributed by atoms with van der Waals surface area (Å²) in [5.41, 5.74) is 4.31. The van der Waals surface area contributed by atoms with Crippen LogP contribution in [0, 0.1) is 6.92 Å². The van der Waals surface area contributed by atoms with E-state index in [9.17, 15) is 14.7 Å². The molecule has 2 aromatic carbocycles. The lowest BCUT2D eigenvalue weighted by molar-refractivity contribution is -0.136. The first kappa shape index (κ1) is 22.1. The van der Waals surface area contributed by atoms with Crippen LogP contribution in [0.2, 0.25) is 0 Å². The Morgan fingerprint density at radius 1 is 1.09 bits per heavy atom. The first-order chi connectivity index (χ1) is 16.0. The van der Waals surface area contributed by atoms with E-state index in [0.29, 0.717) is 30.3 Å². The summed E-state index contributed by atoms with van der Waals surface area (Å²) in [5.74, 6) is 0.150. The number of H-pyrrole nitrogens is 1. The first-order valence-corrected chi connectivity index (χ1v) is 10.7. The Bertz CT molecular complexity index is 1330. The molecule has 0 bridgehead atoms. The van der Waals surface area contributed by atoms with E-state index >= 15 is 0 Å². The van der Waals surface area contributed by atoms with Crippen LogP contribution >= 0.6 is 0 Å². The highest BCUT2D eigenvalue weighted by molar-refractivity contribution is 5.80. The second-order valence-electron chi connectivity index (χ2n) is 7.78. The van der Waals surface area contributed by atoms with Gasteiger partial charge in [-0.05, 0) is 35.2 Å².